The first kappa shape index (κ1) is 12.2. The van der Waals surface area contributed by atoms with E-state index in [2.05, 4.69) is 0 Å². The second-order valence-corrected chi connectivity index (χ2v) is 4.73. The summed E-state index contributed by atoms with van der Waals surface area (Å²) in [6.45, 7) is 3.36. The van der Waals surface area contributed by atoms with Gasteiger partial charge in [-0.2, -0.15) is 0 Å². The standard InChI is InChI=1S/C14H14BClO/c1-10-3-6-12(7-4-10)15(17)13-8-5-11(2)14(16)9-13/h3-9,17H,1-2H3. The summed E-state index contributed by atoms with van der Waals surface area (Å²) in [5.41, 5.74) is 3.91. The van der Waals surface area contributed by atoms with Crippen LogP contribution in [0.5, 0.6) is 0 Å². The van der Waals surface area contributed by atoms with Gasteiger partial charge in [-0.1, -0.05) is 53.6 Å². The minimum absolute atomic E-state index is 0.617. The summed E-state index contributed by atoms with van der Waals surface area (Å²) in [7, 11) is 0. The van der Waals surface area contributed by atoms with E-state index < -0.39 is 6.92 Å². The van der Waals surface area contributed by atoms with E-state index in [0.717, 1.165) is 16.5 Å². The van der Waals surface area contributed by atoms with Crippen molar-refractivity contribution in [1.29, 1.82) is 0 Å². The quantitative estimate of drug-likeness (QED) is 0.802. The molecular weight excluding hydrogens is 230 g/mol. The third-order valence-electron chi connectivity index (χ3n) is 2.90. The molecule has 0 spiro atoms. The number of benzene rings is 2. The molecule has 17 heavy (non-hydrogen) atoms. The number of hydrogen-bond donors (Lipinski definition) is 1. The lowest BCUT2D eigenvalue weighted by Gasteiger charge is -2.09. The Balaban J connectivity index is 2.33. The van der Waals surface area contributed by atoms with Gasteiger partial charge in [0.05, 0.1) is 0 Å². The van der Waals surface area contributed by atoms with E-state index in [1.54, 1.807) is 0 Å². The zero-order valence-electron chi connectivity index (χ0n) is 9.94. The Morgan fingerprint density at radius 3 is 2.12 bits per heavy atom. The number of halogens is 1. The van der Waals surface area contributed by atoms with Crippen LogP contribution in [0.1, 0.15) is 11.1 Å². The number of hydrogen-bond acceptors (Lipinski definition) is 1. The predicted octanol–water partition coefficient (Wildman–Crippen LogP) is 2.05. The highest BCUT2D eigenvalue weighted by molar-refractivity contribution is 6.79. The Labute approximate surface area is 107 Å². The van der Waals surface area contributed by atoms with Crippen LogP contribution in [-0.4, -0.2) is 11.9 Å². The van der Waals surface area contributed by atoms with Crippen LogP contribution in [0.3, 0.4) is 0 Å². The van der Waals surface area contributed by atoms with E-state index in [9.17, 15) is 5.02 Å². The van der Waals surface area contributed by atoms with Gasteiger partial charge in [-0.25, -0.2) is 0 Å². The molecule has 0 atom stereocenters. The van der Waals surface area contributed by atoms with Crippen molar-refractivity contribution >= 4 is 29.4 Å². The van der Waals surface area contributed by atoms with Crippen LogP contribution >= 0.6 is 11.6 Å². The van der Waals surface area contributed by atoms with Crippen molar-refractivity contribution in [2.24, 2.45) is 0 Å². The molecule has 2 aromatic carbocycles. The molecule has 0 aliphatic heterocycles. The highest BCUT2D eigenvalue weighted by Gasteiger charge is 2.17. The summed E-state index contributed by atoms with van der Waals surface area (Å²) in [5, 5.41) is 10.9. The van der Waals surface area contributed by atoms with Gasteiger partial charge in [0.15, 0.2) is 0 Å². The van der Waals surface area contributed by atoms with Gasteiger partial charge in [0.2, 0.25) is 0 Å². The highest BCUT2D eigenvalue weighted by atomic mass is 35.5. The third-order valence-corrected chi connectivity index (χ3v) is 3.31. The zero-order chi connectivity index (χ0) is 12.4. The normalized spacial score (nSPS) is 10.4. The summed E-state index contributed by atoms with van der Waals surface area (Å²) >= 11 is 6.06. The van der Waals surface area contributed by atoms with E-state index in [-0.39, 0.29) is 0 Å². The molecule has 0 aliphatic rings. The molecular formula is C14H14BClO. The number of aryl methyl sites for hydroxylation is 2. The van der Waals surface area contributed by atoms with E-state index in [0.29, 0.717) is 5.02 Å². The van der Waals surface area contributed by atoms with Gasteiger partial charge in [0.25, 0.3) is 0 Å². The maximum absolute atomic E-state index is 10.2. The molecule has 0 aromatic heterocycles. The Hall–Kier alpha value is -1.25. The molecule has 0 fully saturated rings. The summed E-state index contributed by atoms with van der Waals surface area (Å²) in [6.07, 6.45) is 0. The van der Waals surface area contributed by atoms with Gasteiger partial charge in [0.1, 0.15) is 0 Å². The predicted molar refractivity (Wildman–Crippen MR) is 74.6 cm³/mol. The van der Waals surface area contributed by atoms with Crippen LogP contribution < -0.4 is 10.9 Å². The minimum Gasteiger partial charge on any atom is -0.443 e. The van der Waals surface area contributed by atoms with Crippen molar-refractivity contribution < 1.29 is 5.02 Å². The van der Waals surface area contributed by atoms with Crippen molar-refractivity contribution in [2.75, 3.05) is 0 Å². The molecule has 1 nitrogen and oxygen atoms in total. The zero-order valence-corrected chi connectivity index (χ0v) is 10.7. The van der Waals surface area contributed by atoms with E-state index in [1.807, 2.05) is 56.3 Å². The van der Waals surface area contributed by atoms with Crippen LogP contribution in [0.4, 0.5) is 0 Å². The third kappa shape index (κ3) is 2.71. The van der Waals surface area contributed by atoms with Gasteiger partial charge < -0.3 is 5.02 Å². The molecule has 3 heteroatoms. The molecule has 0 unspecified atom stereocenters. The van der Waals surface area contributed by atoms with Crippen molar-refractivity contribution in [2.45, 2.75) is 13.8 Å². The largest absolute Gasteiger partial charge is 0.443 e. The fourth-order valence-electron chi connectivity index (χ4n) is 1.72. The van der Waals surface area contributed by atoms with E-state index >= 15 is 0 Å². The van der Waals surface area contributed by atoms with E-state index in [4.69, 9.17) is 11.6 Å². The molecule has 0 radical (unpaired) electrons. The maximum atomic E-state index is 10.2. The van der Waals surface area contributed by atoms with Crippen LogP contribution in [0.2, 0.25) is 5.02 Å². The molecule has 0 saturated carbocycles. The van der Waals surface area contributed by atoms with Gasteiger partial charge in [0, 0.05) is 5.02 Å². The van der Waals surface area contributed by atoms with Crippen LogP contribution in [-0.2, 0) is 0 Å². The molecule has 0 bridgehead atoms. The van der Waals surface area contributed by atoms with Crippen molar-refractivity contribution in [3.8, 4) is 0 Å². The van der Waals surface area contributed by atoms with Crippen molar-refractivity contribution in [3.05, 3.63) is 58.6 Å². The average molecular weight is 245 g/mol. The maximum Gasteiger partial charge on any atom is 0.359 e. The smallest absolute Gasteiger partial charge is 0.359 e. The molecule has 0 aliphatic carbocycles. The Morgan fingerprint density at radius 1 is 0.941 bits per heavy atom. The molecule has 2 aromatic rings. The molecule has 0 amide bonds. The summed E-state index contributed by atoms with van der Waals surface area (Å²) in [4.78, 5) is 0. The van der Waals surface area contributed by atoms with Crippen LogP contribution in [0.15, 0.2) is 42.5 Å². The second-order valence-electron chi connectivity index (χ2n) is 4.32. The molecule has 1 N–H and O–H groups in total. The molecule has 0 saturated heterocycles. The van der Waals surface area contributed by atoms with Gasteiger partial charge in [-0.05, 0) is 36.4 Å². The molecule has 86 valence electrons. The van der Waals surface area contributed by atoms with Crippen LogP contribution in [0.25, 0.3) is 0 Å². The van der Waals surface area contributed by atoms with Gasteiger partial charge in [-0.3, -0.25) is 0 Å². The average Bonchev–Trinajstić information content (AvgIpc) is 2.33. The topological polar surface area (TPSA) is 20.2 Å². The van der Waals surface area contributed by atoms with Crippen molar-refractivity contribution in [1.82, 2.24) is 0 Å². The first-order chi connectivity index (χ1) is 8.08. The van der Waals surface area contributed by atoms with Gasteiger partial charge in [-0.15, -0.1) is 0 Å². The van der Waals surface area contributed by atoms with Gasteiger partial charge >= 0.3 is 6.92 Å². The Kier molecular flexibility index (Phi) is 3.56. The lowest BCUT2D eigenvalue weighted by atomic mass is 9.56. The Bertz CT molecular complexity index is 522. The SMILES string of the molecule is Cc1ccc(B(O)c2ccc(C)c(Cl)c2)cc1. The molecule has 2 rings (SSSR count). The first-order valence-electron chi connectivity index (χ1n) is 5.58. The molecule has 0 heterocycles. The lowest BCUT2D eigenvalue weighted by Crippen LogP contribution is -2.42. The Morgan fingerprint density at radius 2 is 1.53 bits per heavy atom. The summed E-state index contributed by atoms with van der Waals surface area (Å²) in [5.74, 6) is 0. The first-order valence-corrected chi connectivity index (χ1v) is 5.96. The van der Waals surface area contributed by atoms with Crippen LogP contribution in [0, 0.1) is 13.8 Å². The number of rotatable bonds is 2. The van der Waals surface area contributed by atoms with Crippen molar-refractivity contribution in [3.63, 3.8) is 0 Å². The second kappa shape index (κ2) is 4.95. The minimum atomic E-state index is -0.617. The fraction of sp³-hybridized carbons (Fsp3) is 0.143. The lowest BCUT2D eigenvalue weighted by molar-refractivity contribution is 0.600. The summed E-state index contributed by atoms with van der Waals surface area (Å²) in [6, 6.07) is 13.5. The highest BCUT2D eigenvalue weighted by Crippen LogP contribution is 2.12. The fourth-order valence-corrected chi connectivity index (χ4v) is 1.91. The summed E-state index contributed by atoms with van der Waals surface area (Å²) < 4.78 is 0. The monoisotopic (exact) mass is 244 g/mol. The van der Waals surface area contributed by atoms with E-state index in [1.165, 1.54) is 5.56 Å².